The third-order valence-electron chi connectivity index (χ3n) is 1.93. The topological polar surface area (TPSA) is 0 Å². The zero-order valence-corrected chi connectivity index (χ0v) is 6.02. The van der Waals surface area contributed by atoms with Crippen LogP contribution < -0.4 is 0 Å². The van der Waals surface area contributed by atoms with Gasteiger partial charge in [0.25, 0.3) is 0 Å². The lowest BCUT2D eigenvalue weighted by Gasteiger charge is -2.24. The molecule has 0 aromatic heterocycles. The lowest BCUT2D eigenvalue weighted by atomic mass is 9.80. The molecule has 0 nitrogen and oxygen atoms in total. The normalized spacial score (nSPS) is 20.5. The van der Waals surface area contributed by atoms with E-state index in [9.17, 15) is 4.39 Å². The average Bonchev–Trinajstić information content (AvgIpc) is 2.03. The molecule has 1 aromatic rings. The predicted molar refractivity (Wildman–Crippen MR) is 41.6 cm³/mol. The molecular weight excluding hydrogens is 139 g/mol. The predicted octanol–water partition coefficient (Wildman–Crippen LogP) is 2.78. The molecule has 11 heavy (non-hydrogen) atoms. The number of benzene rings is 1. The fourth-order valence-corrected chi connectivity index (χ4v) is 1.14. The maximum absolute atomic E-state index is 12.8. The second-order valence-electron chi connectivity index (χ2n) is 2.68. The van der Waals surface area contributed by atoms with Crippen molar-refractivity contribution in [2.75, 3.05) is 0 Å². The van der Waals surface area contributed by atoms with E-state index in [0.717, 1.165) is 18.4 Å². The SMILES string of the molecule is [2H]c1c(F)ccc(C2[C]CC2)c1[2H]. The van der Waals surface area contributed by atoms with Crippen molar-refractivity contribution in [3.63, 3.8) is 0 Å². The van der Waals surface area contributed by atoms with Crippen LogP contribution in [-0.4, -0.2) is 0 Å². The van der Waals surface area contributed by atoms with Crippen molar-refractivity contribution in [2.45, 2.75) is 18.8 Å². The summed E-state index contributed by atoms with van der Waals surface area (Å²) >= 11 is 0. The van der Waals surface area contributed by atoms with Gasteiger partial charge >= 0.3 is 0 Å². The highest BCUT2D eigenvalue weighted by atomic mass is 19.1. The lowest BCUT2D eigenvalue weighted by molar-refractivity contribution is 0.551. The Morgan fingerprint density at radius 2 is 2.36 bits per heavy atom. The van der Waals surface area contributed by atoms with Crippen molar-refractivity contribution >= 4 is 0 Å². The van der Waals surface area contributed by atoms with Gasteiger partial charge < -0.3 is 0 Å². The van der Waals surface area contributed by atoms with Crippen LogP contribution in [0, 0.1) is 12.2 Å². The van der Waals surface area contributed by atoms with Crippen LogP contribution in [0.3, 0.4) is 0 Å². The van der Waals surface area contributed by atoms with Crippen LogP contribution in [0.25, 0.3) is 0 Å². The summed E-state index contributed by atoms with van der Waals surface area (Å²) in [6, 6.07) is 2.56. The van der Waals surface area contributed by atoms with Crippen molar-refractivity contribution in [3.05, 3.63) is 42.0 Å². The van der Waals surface area contributed by atoms with E-state index in [1.54, 1.807) is 6.07 Å². The maximum Gasteiger partial charge on any atom is 0.123 e. The maximum atomic E-state index is 12.8. The molecular formula is C10H9F. The standard InChI is InChI=1S/C10H9F/c11-10-6-4-9(5-7-10)8-2-1-3-8/h4-8H,1-2H2/i4D,6D. The van der Waals surface area contributed by atoms with Gasteiger partial charge in [-0.05, 0) is 42.9 Å². The molecule has 0 spiro atoms. The molecule has 2 rings (SSSR count). The number of rotatable bonds is 1. The molecule has 1 aromatic carbocycles. The molecule has 0 heterocycles. The van der Waals surface area contributed by atoms with Gasteiger partial charge in [-0.25, -0.2) is 4.39 Å². The summed E-state index contributed by atoms with van der Waals surface area (Å²) < 4.78 is 27.6. The number of hydrogen-bond acceptors (Lipinski definition) is 0. The van der Waals surface area contributed by atoms with E-state index in [4.69, 9.17) is 2.74 Å². The minimum absolute atomic E-state index is 0.0113. The van der Waals surface area contributed by atoms with E-state index in [2.05, 4.69) is 6.42 Å². The highest BCUT2D eigenvalue weighted by molar-refractivity contribution is 5.25. The van der Waals surface area contributed by atoms with Crippen LogP contribution in [0.15, 0.2) is 24.2 Å². The number of hydrogen-bond donors (Lipinski definition) is 0. The minimum Gasteiger partial charge on any atom is -0.207 e. The third kappa shape index (κ3) is 1.28. The largest absolute Gasteiger partial charge is 0.207 e. The molecule has 0 N–H and O–H groups in total. The minimum atomic E-state index is -0.618. The molecule has 1 saturated carbocycles. The summed E-state index contributed by atoms with van der Waals surface area (Å²) in [5.74, 6) is -0.467. The van der Waals surface area contributed by atoms with E-state index >= 15 is 0 Å². The molecule has 2 radical (unpaired) electrons. The monoisotopic (exact) mass is 150 g/mol. The molecule has 1 atom stereocenters. The third-order valence-corrected chi connectivity index (χ3v) is 1.93. The molecule has 56 valence electrons. The summed E-state index contributed by atoms with van der Waals surface area (Å²) in [5.41, 5.74) is 0.734. The highest BCUT2D eigenvalue weighted by Gasteiger charge is 2.19. The lowest BCUT2D eigenvalue weighted by Crippen LogP contribution is -2.09. The Morgan fingerprint density at radius 1 is 1.55 bits per heavy atom. The second-order valence-corrected chi connectivity index (χ2v) is 2.68. The first kappa shape index (κ1) is 4.91. The zero-order valence-electron chi connectivity index (χ0n) is 8.02. The van der Waals surface area contributed by atoms with Crippen molar-refractivity contribution in [3.8, 4) is 0 Å². The van der Waals surface area contributed by atoms with Gasteiger partial charge in [-0.1, -0.05) is 12.1 Å². The van der Waals surface area contributed by atoms with Crippen LogP contribution in [0.2, 0.25) is 0 Å². The van der Waals surface area contributed by atoms with Crippen LogP contribution >= 0.6 is 0 Å². The Kier molecular flexibility index (Phi) is 1.18. The van der Waals surface area contributed by atoms with Gasteiger partial charge in [0.05, 0.1) is 2.74 Å². The Morgan fingerprint density at radius 3 is 3.00 bits per heavy atom. The van der Waals surface area contributed by atoms with Gasteiger partial charge in [0.15, 0.2) is 0 Å². The van der Waals surface area contributed by atoms with Crippen LogP contribution in [0.5, 0.6) is 0 Å². The molecule has 1 aliphatic rings. The Labute approximate surface area is 68.9 Å². The molecule has 1 aliphatic carbocycles. The van der Waals surface area contributed by atoms with Gasteiger partial charge in [0.1, 0.15) is 5.82 Å². The van der Waals surface area contributed by atoms with Crippen molar-refractivity contribution in [1.82, 2.24) is 0 Å². The van der Waals surface area contributed by atoms with Gasteiger partial charge in [0.2, 0.25) is 0 Å². The molecule has 0 saturated heterocycles. The zero-order chi connectivity index (χ0) is 9.42. The van der Waals surface area contributed by atoms with E-state index < -0.39 is 5.82 Å². The summed E-state index contributed by atoms with van der Waals surface area (Å²) in [6.45, 7) is 0. The molecule has 0 aliphatic heterocycles. The van der Waals surface area contributed by atoms with E-state index in [1.165, 1.54) is 6.07 Å². The second kappa shape index (κ2) is 2.65. The van der Waals surface area contributed by atoms with E-state index in [1.807, 2.05) is 0 Å². The number of halogens is 1. The first-order chi connectivity index (χ1) is 6.20. The van der Waals surface area contributed by atoms with Gasteiger partial charge in [0, 0.05) is 0 Å². The van der Waals surface area contributed by atoms with Crippen molar-refractivity contribution in [2.24, 2.45) is 0 Å². The van der Waals surface area contributed by atoms with Crippen molar-refractivity contribution < 1.29 is 7.13 Å². The summed E-state index contributed by atoms with van der Waals surface area (Å²) in [5, 5.41) is 0. The molecule has 1 heteroatoms. The summed E-state index contributed by atoms with van der Waals surface area (Å²) in [6.07, 6.45) is 5.03. The molecule has 1 unspecified atom stereocenters. The first-order valence-electron chi connectivity index (χ1n) is 4.69. The van der Waals surface area contributed by atoms with Crippen LogP contribution in [-0.2, 0) is 0 Å². The fraction of sp³-hybridized carbons (Fsp3) is 0.300. The summed E-state index contributed by atoms with van der Waals surface area (Å²) in [4.78, 5) is 0. The van der Waals surface area contributed by atoms with Crippen molar-refractivity contribution in [1.29, 1.82) is 0 Å². The first-order valence-corrected chi connectivity index (χ1v) is 3.69. The van der Waals surface area contributed by atoms with Gasteiger partial charge in [-0.15, -0.1) is 0 Å². The van der Waals surface area contributed by atoms with Gasteiger partial charge in [-0.2, -0.15) is 0 Å². The quantitative estimate of drug-likeness (QED) is 0.577. The molecule has 1 fully saturated rings. The smallest absolute Gasteiger partial charge is 0.123 e. The Balaban J connectivity index is 2.41. The Hall–Kier alpha value is -0.850. The molecule has 0 bridgehead atoms. The van der Waals surface area contributed by atoms with Gasteiger partial charge in [-0.3, -0.25) is 0 Å². The summed E-state index contributed by atoms with van der Waals surface area (Å²) in [7, 11) is 0. The van der Waals surface area contributed by atoms with E-state index in [0.29, 0.717) is 0 Å². The fourth-order valence-electron chi connectivity index (χ4n) is 1.14. The molecule has 0 amide bonds. The van der Waals surface area contributed by atoms with E-state index in [-0.39, 0.29) is 18.0 Å². The van der Waals surface area contributed by atoms with Crippen LogP contribution in [0.1, 0.15) is 27.1 Å². The Bertz CT molecular complexity index is 332. The van der Waals surface area contributed by atoms with Crippen LogP contribution in [0.4, 0.5) is 4.39 Å². The highest BCUT2D eigenvalue weighted by Crippen LogP contribution is 2.34. The average molecular weight is 150 g/mol.